The summed E-state index contributed by atoms with van der Waals surface area (Å²) in [6, 6.07) is 2.15. The third-order valence-corrected chi connectivity index (χ3v) is 8.73. The lowest BCUT2D eigenvalue weighted by Crippen LogP contribution is -2.56. The fourth-order valence-electron chi connectivity index (χ4n) is 6.31. The smallest absolute Gasteiger partial charge is 0.410 e. The number of nitrogens with zero attached hydrogens (tertiary/aromatic N) is 2. The summed E-state index contributed by atoms with van der Waals surface area (Å²) in [5.41, 5.74) is -0.822. The zero-order valence-corrected chi connectivity index (χ0v) is 25.8. The molecular weight excluding hydrogens is 587 g/mol. The Balaban J connectivity index is 1.36. The molecule has 0 bridgehead atoms. The van der Waals surface area contributed by atoms with Crippen LogP contribution in [-0.4, -0.2) is 80.7 Å². The first-order chi connectivity index (χ1) is 21.3. The second kappa shape index (κ2) is 12.7. The molecule has 1 aliphatic carbocycles. The molecule has 0 aromatic heterocycles. The normalized spacial score (nSPS) is 29.2. The predicted molar refractivity (Wildman–Crippen MR) is 158 cm³/mol. The lowest BCUT2D eigenvalue weighted by molar-refractivity contribution is -0.145. The molecule has 3 heterocycles. The predicted octanol–water partition coefficient (Wildman–Crippen LogP) is 3.62. The van der Waals surface area contributed by atoms with Gasteiger partial charge in [0.15, 0.2) is 0 Å². The van der Waals surface area contributed by atoms with Crippen LogP contribution in [0.2, 0.25) is 0 Å². The fourth-order valence-corrected chi connectivity index (χ4v) is 6.31. The Morgan fingerprint density at radius 1 is 1.11 bits per heavy atom. The van der Waals surface area contributed by atoms with Gasteiger partial charge in [-0.3, -0.25) is 14.5 Å². The first-order valence-corrected chi connectivity index (χ1v) is 15.5. The molecule has 1 saturated heterocycles. The van der Waals surface area contributed by atoms with Gasteiger partial charge >= 0.3 is 18.2 Å². The number of alkyl carbamates (subject to hydrolysis) is 1. The molecule has 244 valence electrons. The highest BCUT2D eigenvalue weighted by atomic mass is 19.1. The molecule has 5 rings (SSSR count). The Labute approximate surface area is 261 Å². The SMILES string of the molecule is CC(C)(C)OC(=O)N[C@H]1CCCCC/C=C\[C@H]2C[C@@]2(C(=O)O)NC(=O)[C@@H]2C[C@@H](OC(=O)N3Cc4ccc(F)cc4C3)CN2C1=O. The summed E-state index contributed by atoms with van der Waals surface area (Å²) in [4.78, 5) is 68.6. The van der Waals surface area contributed by atoms with Crippen molar-refractivity contribution in [2.45, 2.75) is 108 Å². The largest absolute Gasteiger partial charge is 0.479 e. The highest BCUT2D eigenvalue weighted by Gasteiger charge is 2.61. The number of nitrogens with one attached hydrogen (secondary N) is 2. The van der Waals surface area contributed by atoms with E-state index in [1.54, 1.807) is 26.8 Å². The van der Waals surface area contributed by atoms with E-state index in [-0.39, 0.29) is 38.4 Å². The third-order valence-electron chi connectivity index (χ3n) is 8.73. The lowest BCUT2D eigenvalue weighted by atomic mass is 10.0. The molecule has 4 aliphatic rings. The van der Waals surface area contributed by atoms with Crippen molar-refractivity contribution in [3.8, 4) is 0 Å². The van der Waals surface area contributed by atoms with Gasteiger partial charge in [-0.05, 0) is 69.7 Å². The van der Waals surface area contributed by atoms with Gasteiger partial charge in [0.25, 0.3) is 0 Å². The van der Waals surface area contributed by atoms with Gasteiger partial charge < -0.3 is 30.1 Å². The molecule has 4 amide bonds. The molecule has 0 radical (unpaired) electrons. The number of halogens is 1. The van der Waals surface area contributed by atoms with E-state index in [9.17, 15) is 33.5 Å². The number of benzene rings is 1. The Bertz CT molecular complexity index is 1390. The topological polar surface area (TPSA) is 155 Å². The van der Waals surface area contributed by atoms with Gasteiger partial charge in [0.05, 0.1) is 6.54 Å². The molecular formula is C32H41FN4O8. The molecule has 5 atom stereocenters. The van der Waals surface area contributed by atoms with Crippen LogP contribution < -0.4 is 10.6 Å². The summed E-state index contributed by atoms with van der Waals surface area (Å²) in [5, 5.41) is 15.4. The Hall–Kier alpha value is -4.16. The monoisotopic (exact) mass is 628 g/mol. The van der Waals surface area contributed by atoms with Crippen LogP contribution in [0.1, 0.15) is 76.8 Å². The zero-order chi connectivity index (χ0) is 32.5. The summed E-state index contributed by atoms with van der Waals surface area (Å²) in [7, 11) is 0. The van der Waals surface area contributed by atoms with Gasteiger partial charge in [0.2, 0.25) is 11.8 Å². The quantitative estimate of drug-likeness (QED) is 0.429. The number of amides is 4. The molecule has 1 aromatic rings. The van der Waals surface area contributed by atoms with Gasteiger partial charge in [0.1, 0.15) is 35.1 Å². The number of hydrogen-bond donors (Lipinski definition) is 3. The first-order valence-electron chi connectivity index (χ1n) is 15.5. The number of fused-ring (bicyclic) bond motifs is 3. The van der Waals surface area contributed by atoms with Crippen molar-refractivity contribution in [2.75, 3.05) is 6.54 Å². The van der Waals surface area contributed by atoms with Crippen molar-refractivity contribution >= 4 is 30.0 Å². The van der Waals surface area contributed by atoms with Gasteiger partial charge in [-0.25, -0.2) is 18.8 Å². The van der Waals surface area contributed by atoms with Crippen LogP contribution in [0.15, 0.2) is 30.4 Å². The number of rotatable bonds is 3. The summed E-state index contributed by atoms with van der Waals surface area (Å²) in [6.07, 6.45) is 4.77. The van der Waals surface area contributed by atoms with Crippen molar-refractivity contribution in [3.63, 3.8) is 0 Å². The number of hydrogen-bond acceptors (Lipinski definition) is 7. The third kappa shape index (κ3) is 7.39. The molecule has 1 aromatic carbocycles. The summed E-state index contributed by atoms with van der Waals surface area (Å²) in [6.45, 7) is 5.37. The van der Waals surface area contributed by atoms with Gasteiger partial charge in [-0.2, -0.15) is 0 Å². The minimum atomic E-state index is -1.48. The molecule has 13 heteroatoms. The number of aliphatic carboxylic acids is 1. The molecule has 3 aliphatic heterocycles. The maximum atomic E-state index is 14.0. The highest BCUT2D eigenvalue weighted by molar-refractivity contribution is 5.96. The number of ether oxygens (including phenoxy) is 2. The second-order valence-corrected chi connectivity index (χ2v) is 13.4. The van der Waals surface area contributed by atoms with Crippen molar-refractivity contribution in [3.05, 3.63) is 47.3 Å². The summed E-state index contributed by atoms with van der Waals surface area (Å²) in [5.74, 6) is -3.17. The molecule has 12 nitrogen and oxygen atoms in total. The maximum absolute atomic E-state index is 14.0. The van der Waals surface area contributed by atoms with Crippen LogP contribution in [0.4, 0.5) is 14.0 Å². The van der Waals surface area contributed by atoms with Gasteiger partial charge in [-0.15, -0.1) is 0 Å². The van der Waals surface area contributed by atoms with Crippen LogP contribution in [0.25, 0.3) is 0 Å². The van der Waals surface area contributed by atoms with E-state index in [1.165, 1.54) is 21.9 Å². The molecule has 45 heavy (non-hydrogen) atoms. The average Bonchev–Trinajstić information content (AvgIpc) is 3.26. The van der Waals surface area contributed by atoms with Crippen LogP contribution in [0.5, 0.6) is 0 Å². The van der Waals surface area contributed by atoms with E-state index >= 15 is 0 Å². The van der Waals surface area contributed by atoms with Crippen molar-refractivity contribution in [2.24, 2.45) is 5.92 Å². The van der Waals surface area contributed by atoms with E-state index in [1.807, 2.05) is 12.2 Å². The van der Waals surface area contributed by atoms with Crippen LogP contribution in [0.3, 0.4) is 0 Å². The number of carboxylic acid groups (broad SMARTS) is 1. The maximum Gasteiger partial charge on any atom is 0.410 e. The van der Waals surface area contributed by atoms with E-state index in [4.69, 9.17) is 9.47 Å². The molecule has 2 fully saturated rings. The second-order valence-electron chi connectivity index (χ2n) is 13.4. The van der Waals surface area contributed by atoms with Crippen LogP contribution in [0, 0.1) is 11.7 Å². The van der Waals surface area contributed by atoms with Crippen LogP contribution in [-0.2, 0) is 36.9 Å². The lowest BCUT2D eigenvalue weighted by Gasteiger charge is -2.30. The standard InChI is InChI=1S/C32H41FN4O8/c1-31(2,3)45-29(42)34-24-10-8-6-4-5-7-9-21-15-32(21,28(40)41)35-26(38)25-14-23(18-37(25)27(24)39)44-30(43)36-16-19-11-12-22(33)13-20(19)17-36/h7,9,11-13,21,23-25H,4-6,8,10,14-18H2,1-3H3,(H,34,42)(H,35,38)(H,40,41)/b9-7-/t21-,23+,24-,25-,32+/m0/s1. The van der Waals surface area contributed by atoms with Crippen molar-refractivity contribution in [1.82, 2.24) is 20.4 Å². The summed E-state index contributed by atoms with van der Waals surface area (Å²) < 4.78 is 24.9. The number of carbonyl (C=O) groups excluding carboxylic acids is 4. The Morgan fingerprint density at radius 2 is 1.87 bits per heavy atom. The Kier molecular flexibility index (Phi) is 9.09. The van der Waals surface area contributed by atoms with E-state index < -0.39 is 65.1 Å². The van der Waals surface area contributed by atoms with Gasteiger partial charge in [0, 0.05) is 25.4 Å². The fraction of sp³-hybridized carbons (Fsp3) is 0.594. The molecule has 1 saturated carbocycles. The number of carboxylic acids is 1. The Morgan fingerprint density at radius 3 is 2.60 bits per heavy atom. The van der Waals surface area contributed by atoms with E-state index in [2.05, 4.69) is 10.6 Å². The minimum absolute atomic E-state index is 0.0614. The average molecular weight is 629 g/mol. The van der Waals surface area contributed by atoms with E-state index in [0.717, 1.165) is 24.8 Å². The zero-order valence-electron chi connectivity index (χ0n) is 25.8. The van der Waals surface area contributed by atoms with Crippen molar-refractivity contribution in [1.29, 1.82) is 0 Å². The highest BCUT2D eigenvalue weighted by Crippen LogP contribution is 2.45. The molecule has 0 spiro atoms. The van der Waals surface area contributed by atoms with Crippen LogP contribution >= 0.6 is 0 Å². The van der Waals surface area contributed by atoms with Crippen molar-refractivity contribution < 1.29 is 42.9 Å². The molecule has 0 unspecified atom stereocenters. The summed E-state index contributed by atoms with van der Waals surface area (Å²) >= 11 is 0. The first kappa shape index (κ1) is 32.2. The molecule has 3 N–H and O–H groups in total. The minimum Gasteiger partial charge on any atom is -0.479 e. The van der Waals surface area contributed by atoms with E-state index in [0.29, 0.717) is 18.4 Å². The number of carbonyl (C=O) groups is 5. The van der Waals surface area contributed by atoms with Gasteiger partial charge in [-0.1, -0.05) is 31.1 Å². The number of allylic oxidation sites excluding steroid dienone is 1.